The monoisotopic (exact) mass is 262 g/mol. The fraction of sp³-hybridized carbons (Fsp3) is 0.333. The number of aromatic nitrogens is 4. The number of nitrogens with zero attached hydrogens (tertiary/aromatic N) is 3. The van der Waals surface area contributed by atoms with E-state index in [-0.39, 0.29) is 18.3 Å². The molecule has 1 aromatic heterocycles. The zero-order chi connectivity index (χ0) is 13.7. The highest BCUT2D eigenvalue weighted by Gasteiger charge is 2.22. The van der Waals surface area contributed by atoms with E-state index in [4.69, 9.17) is 9.47 Å². The van der Waals surface area contributed by atoms with Crippen molar-refractivity contribution in [2.75, 3.05) is 14.2 Å². The van der Waals surface area contributed by atoms with E-state index in [1.807, 2.05) is 24.3 Å². The average molecular weight is 262 g/mol. The first-order chi connectivity index (χ1) is 9.24. The average Bonchev–Trinajstić information content (AvgIpc) is 2.98. The first-order valence-electron chi connectivity index (χ1n) is 5.68. The first-order valence-corrected chi connectivity index (χ1v) is 5.68. The quantitative estimate of drug-likeness (QED) is 0.805. The van der Waals surface area contributed by atoms with Gasteiger partial charge in [0.1, 0.15) is 5.75 Å². The van der Waals surface area contributed by atoms with Gasteiger partial charge in [-0.25, -0.2) is 0 Å². The van der Waals surface area contributed by atoms with E-state index in [0.29, 0.717) is 5.82 Å². The van der Waals surface area contributed by atoms with E-state index in [9.17, 15) is 4.79 Å². The predicted molar refractivity (Wildman–Crippen MR) is 65.6 cm³/mol. The summed E-state index contributed by atoms with van der Waals surface area (Å²) in [5, 5.41) is 13.8. The summed E-state index contributed by atoms with van der Waals surface area (Å²) in [4.78, 5) is 11.5. The van der Waals surface area contributed by atoms with Gasteiger partial charge in [0.25, 0.3) is 0 Å². The third kappa shape index (κ3) is 3.06. The van der Waals surface area contributed by atoms with Crippen LogP contribution in [0.2, 0.25) is 0 Å². The number of benzene rings is 1. The molecule has 7 nitrogen and oxygen atoms in total. The maximum Gasteiger partial charge on any atom is 0.306 e. The van der Waals surface area contributed by atoms with E-state index in [0.717, 1.165) is 11.3 Å². The summed E-state index contributed by atoms with van der Waals surface area (Å²) in [6.07, 6.45) is 0.155. The van der Waals surface area contributed by atoms with Crippen LogP contribution in [0.3, 0.4) is 0 Å². The molecular formula is C12H14N4O3. The lowest BCUT2D eigenvalue weighted by molar-refractivity contribution is -0.140. The maximum absolute atomic E-state index is 11.5. The lowest BCUT2D eigenvalue weighted by Gasteiger charge is -2.12. The molecule has 0 spiro atoms. The lowest BCUT2D eigenvalue weighted by atomic mass is 9.95. The highest BCUT2D eigenvalue weighted by Crippen LogP contribution is 2.26. The number of tetrazole rings is 1. The Morgan fingerprint density at radius 1 is 1.32 bits per heavy atom. The van der Waals surface area contributed by atoms with Crippen LogP contribution in [0.4, 0.5) is 0 Å². The van der Waals surface area contributed by atoms with Crippen LogP contribution in [-0.2, 0) is 9.53 Å². The van der Waals surface area contributed by atoms with Crippen molar-refractivity contribution in [3.05, 3.63) is 35.7 Å². The number of methoxy groups -OCH3 is 2. The lowest BCUT2D eigenvalue weighted by Crippen LogP contribution is -2.11. The minimum atomic E-state index is -0.328. The second-order valence-corrected chi connectivity index (χ2v) is 3.88. The molecule has 0 radical (unpaired) electrons. The Morgan fingerprint density at radius 2 is 2.05 bits per heavy atom. The van der Waals surface area contributed by atoms with Crippen molar-refractivity contribution in [1.29, 1.82) is 0 Å². The highest BCUT2D eigenvalue weighted by atomic mass is 16.5. The van der Waals surface area contributed by atoms with Crippen molar-refractivity contribution in [2.45, 2.75) is 12.3 Å². The van der Waals surface area contributed by atoms with Gasteiger partial charge in [-0.3, -0.25) is 4.79 Å². The van der Waals surface area contributed by atoms with Crippen LogP contribution in [0.1, 0.15) is 23.7 Å². The van der Waals surface area contributed by atoms with Gasteiger partial charge in [0.2, 0.25) is 0 Å². The molecule has 1 atom stereocenters. The standard InChI is InChI=1S/C12H14N4O3/c1-18-9-5-3-8(4-6-9)10(7-11(17)19-2)12-13-15-16-14-12/h3-6,10H,7H2,1-2H3,(H,13,14,15,16). The minimum Gasteiger partial charge on any atom is -0.497 e. The fourth-order valence-corrected chi connectivity index (χ4v) is 1.76. The third-order valence-corrected chi connectivity index (χ3v) is 2.79. The SMILES string of the molecule is COC(=O)CC(c1ccc(OC)cc1)c1nn[nH]n1. The van der Waals surface area contributed by atoms with E-state index in [2.05, 4.69) is 20.6 Å². The van der Waals surface area contributed by atoms with Crippen molar-refractivity contribution in [3.63, 3.8) is 0 Å². The molecular weight excluding hydrogens is 248 g/mol. The van der Waals surface area contributed by atoms with Crippen LogP contribution >= 0.6 is 0 Å². The minimum absolute atomic E-state index is 0.155. The van der Waals surface area contributed by atoms with Crippen molar-refractivity contribution in [1.82, 2.24) is 20.6 Å². The number of ether oxygens (including phenoxy) is 2. The Morgan fingerprint density at radius 3 is 2.58 bits per heavy atom. The Labute approximate surface area is 109 Å². The number of nitrogens with one attached hydrogen (secondary N) is 1. The smallest absolute Gasteiger partial charge is 0.306 e. The number of carbonyl (C=O) groups excluding carboxylic acids is 1. The van der Waals surface area contributed by atoms with Gasteiger partial charge < -0.3 is 9.47 Å². The molecule has 0 aliphatic heterocycles. The predicted octanol–water partition coefficient (Wildman–Crippen LogP) is 0.903. The summed E-state index contributed by atoms with van der Waals surface area (Å²) in [7, 11) is 2.95. The molecule has 2 aromatic rings. The molecule has 0 amide bonds. The molecule has 100 valence electrons. The Hall–Kier alpha value is -2.44. The first kappa shape index (κ1) is 13.0. The maximum atomic E-state index is 11.5. The van der Waals surface area contributed by atoms with Crippen molar-refractivity contribution < 1.29 is 14.3 Å². The summed E-state index contributed by atoms with van der Waals surface area (Å²) in [5.74, 6) is 0.576. The van der Waals surface area contributed by atoms with Crippen molar-refractivity contribution >= 4 is 5.97 Å². The number of H-pyrrole nitrogens is 1. The van der Waals surface area contributed by atoms with Crippen molar-refractivity contribution in [2.24, 2.45) is 0 Å². The van der Waals surface area contributed by atoms with E-state index in [1.54, 1.807) is 7.11 Å². The van der Waals surface area contributed by atoms with Crippen LogP contribution in [-0.4, -0.2) is 40.8 Å². The van der Waals surface area contributed by atoms with Gasteiger partial charge in [-0.15, -0.1) is 10.2 Å². The number of hydrogen-bond acceptors (Lipinski definition) is 6. The summed E-state index contributed by atoms with van der Waals surface area (Å²) in [5.41, 5.74) is 0.896. The molecule has 1 N–H and O–H groups in total. The van der Waals surface area contributed by atoms with Crippen LogP contribution in [0, 0.1) is 0 Å². The molecule has 2 rings (SSSR count). The van der Waals surface area contributed by atoms with Crippen LogP contribution in [0.15, 0.2) is 24.3 Å². The van der Waals surface area contributed by atoms with Crippen LogP contribution in [0.25, 0.3) is 0 Å². The Kier molecular flexibility index (Phi) is 4.07. The molecule has 0 saturated heterocycles. The Bertz CT molecular complexity index is 524. The summed E-state index contributed by atoms with van der Waals surface area (Å²) in [6.45, 7) is 0. The molecule has 19 heavy (non-hydrogen) atoms. The molecule has 0 bridgehead atoms. The van der Waals surface area contributed by atoms with Gasteiger partial charge in [0.15, 0.2) is 5.82 Å². The third-order valence-electron chi connectivity index (χ3n) is 2.79. The molecule has 0 aliphatic rings. The van der Waals surface area contributed by atoms with Crippen LogP contribution < -0.4 is 4.74 Å². The van der Waals surface area contributed by atoms with Gasteiger partial charge in [-0.05, 0) is 17.7 Å². The number of carbonyl (C=O) groups is 1. The second-order valence-electron chi connectivity index (χ2n) is 3.88. The largest absolute Gasteiger partial charge is 0.497 e. The summed E-state index contributed by atoms with van der Waals surface area (Å²) < 4.78 is 9.80. The van der Waals surface area contributed by atoms with Crippen LogP contribution in [0.5, 0.6) is 5.75 Å². The molecule has 0 aliphatic carbocycles. The Balaban J connectivity index is 2.28. The second kappa shape index (κ2) is 5.94. The highest BCUT2D eigenvalue weighted by molar-refractivity contribution is 5.71. The zero-order valence-electron chi connectivity index (χ0n) is 10.7. The number of esters is 1. The van der Waals surface area contributed by atoms with E-state index >= 15 is 0 Å². The van der Waals surface area contributed by atoms with Gasteiger partial charge in [-0.2, -0.15) is 5.21 Å². The normalized spacial score (nSPS) is 11.9. The molecule has 1 unspecified atom stereocenters. The molecule has 0 fully saturated rings. The summed E-state index contributed by atoms with van der Waals surface area (Å²) >= 11 is 0. The molecule has 7 heteroatoms. The van der Waals surface area contributed by atoms with Gasteiger partial charge in [0, 0.05) is 0 Å². The van der Waals surface area contributed by atoms with Gasteiger partial charge >= 0.3 is 5.97 Å². The number of hydrogen-bond donors (Lipinski definition) is 1. The number of rotatable bonds is 5. The molecule has 1 aromatic carbocycles. The zero-order valence-corrected chi connectivity index (χ0v) is 10.7. The number of aromatic amines is 1. The van der Waals surface area contributed by atoms with Gasteiger partial charge in [-0.1, -0.05) is 17.3 Å². The fourth-order valence-electron chi connectivity index (χ4n) is 1.76. The van der Waals surface area contributed by atoms with E-state index in [1.165, 1.54) is 7.11 Å². The topological polar surface area (TPSA) is 90.0 Å². The molecule has 1 heterocycles. The molecule has 0 saturated carbocycles. The van der Waals surface area contributed by atoms with Crippen molar-refractivity contribution in [3.8, 4) is 5.75 Å². The summed E-state index contributed by atoms with van der Waals surface area (Å²) in [6, 6.07) is 7.37. The van der Waals surface area contributed by atoms with Gasteiger partial charge in [0.05, 0.1) is 26.6 Å². The van der Waals surface area contributed by atoms with E-state index < -0.39 is 0 Å².